The summed E-state index contributed by atoms with van der Waals surface area (Å²) in [6.07, 6.45) is 0. The topological polar surface area (TPSA) is 76.8 Å². The first-order chi connectivity index (χ1) is 10.2. The molecular weight excluding hydrogens is 270 g/mol. The molecule has 2 rings (SSSR count). The number of carbonyl (C=O) groups is 1. The maximum atomic E-state index is 12.0. The molecule has 1 atom stereocenters. The zero-order valence-corrected chi connectivity index (χ0v) is 12.6. The van der Waals surface area contributed by atoms with E-state index in [-0.39, 0.29) is 11.9 Å². The Morgan fingerprint density at radius 2 is 2.38 bits per heavy atom. The number of nitrogens with zero attached hydrogens (tertiary/aromatic N) is 1. The third kappa shape index (κ3) is 3.72. The largest absolute Gasteiger partial charge is 0.496 e. The van der Waals surface area contributed by atoms with Gasteiger partial charge in [0, 0.05) is 32.2 Å². The summed E-state index contributed by atoms with van der Waals surface area (Å²) in [5.74, 6) is 0.790. The second-order valence-electron chi connectivity index (χ2n) is 5.03. The normalized spacial score (nSPS) is 19.3. The Balaban J connectivity index is 2.20. The Labute approximate surface area is 125 Å². The first-order valence-corrected chi connectivity index (χ1v) is 7.08. The molecule has 1 aromatic carbocycles. The van der Waals surface area contributed by atoms with Gasteiger partial charge in [0.2, 0.25) is 5.91 Å². The summed E-state index contributed by atoms with van der Waals surface area (Å²) < 4.78 is 10.8. The summed E-state index contributed by atoms with van der Waals surface area (Å²) in [6.45, 7) is 2.89. The van der Waals surface area contributed by atoms with Crippen molar-refractivity contribution < 1.29 is 14.3 Å². The van der Waals surface area contributed by atoms with Crippen LogP contribution in [0.1, 0.15) is 11.1 Å². The number of nitrogens with one attached hydrogen (secondary N) is 1. The fourth-order valence-corrected chi connectivity index (χ4v) is 2.54. The number of rotatable bonds is 5. The van der Waals surface area contributed by atoms with E-state index in [1.54, 1.807) is 14.2 Å². The van der Waals surface area contributed by atoms with Crippen LogP contribution in [0, 0.1) is 0 Å². The molecule has 0 saturated carbocycles. The molecule has 116 valence electrons. The van der Waals surface area contributed by atoms with Gasteiger partial charge in [0.25, 0.3) is 0 Å². The molecule has 3 N–H and O–H groups in total. The molecule has 0 radical (unpaired) electrons. The Morgan fingerprint density at radius 1 is 1.57 bits per heavy atom. The Bertz CT molecular complexity index is 493. The third-order valence-corrected chi connectivity index (χ3v) is 3.74. The lowest BCUT2D eigenvalue weighted by Gasteiger charge is -2.34. The summed E-state index contributed by atoms with van der Waals surface area (Å²) >= 11 is 0. The quantitative estimate of drug-likeness (QED) is 0.805. The standard InChI is InChI=1S/C15H23N3O3/c1-17-15(19)13-10-21-6-5-18(13)9-12-7-11(8-16)3-4-14(12)20-2/h3-4,7,13H,5-6,8-10,16H2,1-2H3,(H,17,19). The number of carbonyl (C=O) groups excluding carboxylic acids is 1. The van der Waals surface area contributed by atoms with E-state index in [2.05, 4.69) is 10.2 Å². The number of benzene rings is 1. The van der Waals surface area contributed by atoms with Gasteiger partial charge in [-0.1, -0.05) is 6.07 Å². The maximum Gasteiger partial charge on any atom is 0.239 e. The van der Waals surface area contributed by atoms with Crippen LogP contribution in [0.4, 0.5) is 0 Å². The van der Waals surface area contributed by atoms with Gasteiger partial charge in [-0.2, -0.15) is 0 Å². The highest BCUT2D eigenvalue weighted by atomic mass is 16.5. The molecular formula is C15H23N3O3. The van der Waals surface area contributed by atoms with Crippen LogP contribution < -0.4 is 15.8 Å². The van der Waals surface area contributed by atoms with E-state index >= 15 is 0 Å². The fourth-order valence-electron chi connectivity index (χ4n) is 2.54. The molecule has 6 heteroatoms. The van der Waals surface area contributed by atoms with Crippen LogP contribution in [0.15, 0.2) is 18.2 Å². The second-order valence-corrected chi connectivity index (χ2v) is 5.03. The van der Waals surface area contributed by atoms with Crippen molar-refractivity contribution in [3.8, 4) is 5.75 Å². The minimum Gasteiger partial charge on any atom is -0.496 e. The average molecular weight is 293 g/mol. The zero-order valence-electron chi connectivity index (χ0n) is 12.6. The lowest BCUT2D eigenvalue weighted by atomic mass is 10.1. The molecule has 1 fully saturated rings. The number of nitrogens with two attached hydrogens (primary N) is 1. The molecule has 21 heavy (non-hydrogen) atoms. The number of hydrogen-bond acceptors (Lipinski definition) is 5. The maximum absolute atomic E-state index is 12.0. The van der Waals surface area contributed by atoms with Gasteiger partial charge in [0.1, 0.15) is 11.8 Å². The van der Waals surface area contributed by atoms with E-state index in [4.69, 9.17) is 15.2 Å². The molecule has 0 spiro atoms. The number of ether oxygens (including phenoxy) is 2. The number of likely N-dealkylation sites (N-methyl/N-ethyl adjacent to an activating group) is 1. The second kappa shape index (κ2) is 7.40. The molecule has 1 amide bonds. The van der Waals surface area contributed by atoms with Gasteiger partial charge >= 0.3 is 0 Å². The highest BCUT2D eigenvalue weighted by molar-refractivity contribution is 5.81. The monoisotopic (exact) mass is 293 g/mol. The van der Waals surface area contributed by atoms with Gasteiger partial charge in [-0.15, -0.1) is 0 Å². The Hall–Kier alpha value is -1.63. The van der Waals surface area contributed by atoms with Gasteiger partial charge in [0.15, 0.2) is 0 Å². The Kier molecular flexibility index (Phi) is 5.55. The van der Waals surface area contributed by atoms with Crippen LogP contribution in [0.25, 0.3) is 0 Å². The van der Waals surface area contributed by atoms with Crippen molar-refractivity contribution in [3.63, 3.8) is 0 Å². The van der Waals surface area contributed by atoms with Crippen molar-refractivity contribution in [2.24, 2.45) is 5.73 Å². The van der Waals surface area contributed by atoms with Gasteiger partial charge < -0.3 is 20.5 Å². The number of hydrogen-bond donors (Lipinski definition) is 2. The SMILES string of the molecule is CNC(=O)C1COCCN1Cc1cc(CN)ccc1OC. The van der Waals surface area contributed by atoms with Gasteiger partial charge in [0.05, 0.1) is 20.3 Å². The van der Waals surface area contributed by atoms with Crippen molar-refractivity contribution >= 4 is 5.91 Å². The predicted octanol–water partition coefficient (Wildman–Crippen LogP) is 0.101. The molecule has 0 bridgehead atoms. The van der Waals surface area contributed by atoms with E-state index in [1.807, 2.05) is 18.2 Å². The number of morpholine rings is 1. The number of amides is 1. The highest BCUT2D eigenvalue weighted by Crippen LogP contribution is 2.23. The summed E-state index contributed by atoms with van der Waals surface area (Å²) in [5.41, 5.74) is 7.79. The molecule has 1 unspecified atom stereocenters. The smallest absolute Gasteiger partial charge is 0.239 e. The zero-order chi connectivity index (χ0) is 15.2. The predicted molar refractivity (Wildman–Crippen MR) is 80.0 cm³/mol. The summed E-state index contributed by atoms with van der Waals surface area (Å²) in [5, 5.41) is 2.69. The molecule has 1 aliphatic heterocycles. The average Bonchev–Trinajstić information content (AvgIpc) is 2.54. The van der Waals surface area contributed by atoms with E-state index in [0.717, 1.165) is 16.9 Å². The van der Waals surface area contributed by atoms with Crippen molar-refractivity contribution in [3.05, 3.63) is 29.3 Å². The Morgan fingerprint density at radius 3 is 3.05 bits per heavy atom. The van der Waals surface area contributed by atoms with Crippen LogP contribution in [0.2, 0.25) is 0 Å². The van der Waals surface area contributed by atoms with Crippen molar-refractivity contribution in [1.82, 2.24) is 10.2 Å². The molecule has 0 aliphatic carbocycles. The molecule has 6 nitrogen and oxygen atoms in total. The third-order valence-electron chi connectivity index (χ3n) is 3.74. The van der Waals surface area contributed by atoms with Gasteiger partial charge in [-0.3, -0.25) is 9.69 Å². The van der Waals surface area contributed by atoms with E-state index in [9.17, 15) is 4.79 Å². The van der Waals surface area contributed by atoms with Crippen LogP contribution in [-0.2, 0) is 22.6 Å². The van der Waals surface area contributed by atoms with Crippen molar-refractivity contribution in [2.75, 3.05) is 33.9 Å². The molecule has 1 heterocycles. The summed E-state index contributed by atoms with van der Waals surface area (Å²) in [4.78, 5) is 14.1. The van der Waals surface area contributed by atoms with E-state index in [0.29, 0.717) is 32.8 Å². The molecule has 1 saturated heterocycles. The van der Waals surface area contributed by atoms with Gasteiger partial charge in [-0.05, 0) is 17.7 Å². The summed E-state index contributed by atoms with van der Waals surface area (Å²) in [6, 6.07) is 5.65. The minimum atomic E-state index is -0.269. The van der Waals surface area contributed by atoms with Crippen LogP contribution in [0.3, 0.4) is 0 Å². The summed E-state index contributed by atoms with van der Waals surface area (Å²) in [7, 11) is 3.29. The van der Waals surface area contributed by atoms with E-state index < -0.39 is 0 Å². The first kappa shape index (κ1) is 15.8. The van der Waals surface area contributed by atoms with Crippen LogP contribution >= 0.6 is 0 Å². The minimum absolute atomic E-state index is 0.0244. The molecule has 1 aliphatic rings. The van der Waals surface area contributed by atoms with Crippen LogP contribution in [-0.4, -0.2) is 50.8 Å². The highest BCUT2D eigenvalue weighted by Gasteiger charge is 2.29. The van der Waals surface area contributed by atoms with Crippen LogP contribution in [0.5, 0.6) is 5.75 Å². The fraction of sp³-hybridized carbons (Fsp3) is 0.533. The molecule has 1 aromatic rings. The van der Waals surface area contributed by atoms with E-state index in [1.165, 1.54) is 0 Å². The lowest BCUT2D eigenvalue weighted by Crippen LogP contribution is -2.52. The first-order valence-electron chi connectivity index (χ1n) is 7.08. The van der Waals surface area contributed by atoms with Crippen molar-refractivity contribution in [2.45, 2.75) is 19.1 Å². The van der Waals surface area contributed by atoms with Gasteiger partial charge in [-0.25, -0.2) is 0 Å². The lowest BCUT2D eigenvalue weighted by molar-refractivity contribution is -0.132. The molecule has 0 aromatic heterocycles. The number of methoxy groups -OCH3 is 1. The van der Waals surface area contributed by atoms with Crippen molar-refractivity contribution in [1.29, 1.82) is 0 Å².